The molecule has 0 bridgehead atoms. The summed E-state index contributed by atoms with van der Waals surface area (Å²) in [4.78, 5) is 24.1. The van der Waals surface area contributed by atoms with Crippen LogP contribution in [0.1, 0.15) is 64.7 Å². The number of amides is 1. The number of carboxylic acid groups (broad SMARTS) is 1. The maximum absolute atomic E-state index is 12.5. The standard InChI is InChI=1S/C19H33NO4/c1-2-15(12-14-6-4-3-5-7-14)18(21)20-13-17(19(22)23)16-8-10-24-11-9-16/h14-17H,2-13H2,1H3,(H,20,21)(H,22,23). The molecule has 2 fully saturated rings. The summed E-state index contributed by atoms with van der Waals surface area (Å²) in [7, 11) is 0. The van der Waals surface area contributed by atoms with Gasteiger partial charge in [-0.05, 0) is 37.5 Å². The van der Waals surface area contributed by atoms with Crippen molar-refractivity contribution in [3.8, 4) is 0 Å². The molecule has 0 aromatic carbocycles. The molecular weight excluding hydrogens is 306 g/mol. The van der Waals surface area contributed by atoms with Crippen molar-refractivity contribution >= 4 is 11.9 Å². The van der Waals surface area contributed by atoms with Gasteiger partial charge >= 0.3 is 5.97 Å². The highest BCUT2D eigenvalue weighted by Gasteiger charge is 2.31. The number of hydrogen-bond acceptors (Lipinski definition) is 3. The Balaban J connectivity index is 1.82. The summed E-state index contributed by atoms with van der Waals surface area (Å²) in [5, 5.41) is 12.4. The van der Waals surface area contributed by atoms with E-state index in [-0.39, 0.29) is 24.3 Å². The maximum atomic E-state index is 12.5. The van der Waals surface area contributed by atoms with Crippen molar-refractivity contribution in [1.82, 2.24) is 5.32 Å². The van der Waals surface area contributed by atoms with E-state index in [0.717, 1.165) is 25.7 Å². The third-order valence-electron chi connectivity index (χ3n) is 5.85. The molecule has 2 N–H and O–H groups in total. The Bertz CT molecular complexity index is 400. The van der Waals surface area contributed by atoms with E-state index in [1.165, 1.54) is 32.1 Å². The maximum Gasteiger partial charge on any atom is 0.308 e. The number of nitrogens with one attached hydrogen (secondary N) is 1. The van der Waals surface area contributed by atoms with E-state index in [1.54, 1.807) is 0 Å². The van der Waals surface area contributed by atoms with Gasteiger partial charge in [-0.15, -0.1) is 0 Å². The number of hydrogen-bond donors (Lipinski definition) is 2. The molecule has 0 spiro atoms. The second-order valence-electron chi connectivity index (χ2n) is 7.48. The van der Waals surface area contributed by atoms with Crippen LogP contribution in [0, 0.1) is 23.7 Å². The summed E-state index contributed by atoms with van der Waals surface area (Å²) in [5.74, 6) is -0.457. The van der Waals surface area contributed by atoms with Crippen LogP contribution in [0.4, 0.5) is 0 Å². The van der Waals surface area contributed by atoms with Crippen molar-refractivity contribution in [3.63, 3.8) is 0 Å². The largest absolute Gasteiger partial charge is 0.481 e. The molecule has 1 amide bonds. The molecule has 1 saturated carbocycles. The van der Waals surface area contributed by atoms with Crippen molar-refractivity contribution in [1.29, 1.82) is 0 Å². The first kappa shape index (κ1) is 19.2. The van der Waals surface area contributed by atoms with Crippen molar-refractivity contribution in [2.75, 3.05) is 19.8 Å². The van der Waals surface area contributed by atoms with E-state index in [1.807, 2.05) is 0 Å². The van der Waals surface area contributed by atoms with Crippen LogP contribution in [0.2, 0.25) is 0 Å². The van der Waals surface area contributed by atoms with E-state index in [2.05, 4.69) is 12.2 Å². The Morgan fingerprint density at radius 1 is 1.12 bits per heavy atom. The van der Waals surface area contributed by atoms with Crippen LogP contribution >= 0.6 is 0 Å². The van der Waals surface area contributed by atoms with Crippen LogP contribution in [0.3, 0.4) is 0 Å². The fraction of sp³-hybridized carbons (Fsp3) is 0.895. The van der Waals surface area contributed by atoms with E-state index < -0.39 is 11.9 Å². The predicted molar refractivity (Wildman–Crippen MR) is 92.7 cm³/mol. The first-order chi connectivity index (χ1) is 11.6. The zero-order chi connectivity index (χ0) is 17.4. The molecule has 5 heteroatoms. The van der Waals surface area contributed by atoms with Crippen molar-refractivity contribution in [2.24, 2.45) is 23.7 Å². The van der Waals surface area contributed by atoms with Crippen LogP contribution < -0.4 is 5.32 Å². The van der Waals surface area contributed by atoms with Gasteiger partial charge < -0.3 is 15.2 Å². The first-order valence-corrected chi connectivity index (χ1v) is 9.70. The van der Waals surface area contributed by atoms with E-state index in [4.69, 9.17) is 4.74 Å². The van der Waals surface area contributed by atoms with Crippen LogP contribution in [0.5, 0.6) is 0 Å². The van der Waals surface area contributed by atoms with Gasteiger partial charge in [0.25, 0.3) is 0 Å². The van der Waals surface area contributed by atoms with Gasteiger partial charge in [-0.1, -0.05) is 39.0 Å². The molecule has 138 valence electrons. The van der Waals surface area contributed by atoms with Crippen LogP contribution in [-0.2, 0) is 14.3 Å². The van der Waals surface area contributed by atoms with Gasteiger partial charge in [-0.25, -0.2) is 0 Å². The second-order valence-corrected chi connectivity index (χ2v) is 7.48. The molecule has 5 nitrogen and oxygen atoms in total. The van der Waals surface area contributed by atoms with Gasteiger partial charge in [-0.2, -0.15) is 0 Å². The fourth-order valence-electron chi connectivity index (χ4n) is 4.21. The summed E-state index contributed by atoms with van der Waals surface area (Å²) >= 11 is 0. The quantitative estimate of drug-likeness (QED) is 0.712. The Morgan fingerprint density at radius 3 is 2.38 bits per heavy atom. The summed E-state index contributed by atoms with van der Waals surface area (Å²) in [5.41, 5.74) is 0. The van der Waals surface area contributed by atoms with E-state index >= 15 is 0 Å². The summed E-state index contributed by atoms with van der Waals surface area (Å²) in [6.07, 6.45) is 9.70. The highest BCUT2D eigenvalue weighted by Crippen LogP contribution is 2.30. The average Bonchev–Trinajstić information content (AvgIpc) is 2.61. The SMILES string of the molecule is CCC(CC1CCCCC1)C(=O)NCC(C(=O)O)C1CCOCC1. The monoisotopic (exact) mass is 339 g/mol. The molecule has 1 aliphatic carbocycles. The lowest BCUT2D eigenvalue weighted by Gasteiger charge is -2.29. The number of ether oxygens (including phenoxy) is 1. The van der Waals surface area contributed by atoms with Crippen molar-refractivity contribution in [3.05, 3.63) is 0 Å². The van der Waals surface area contributed by atoms with Crippen molar-refractivity contribution < 1.29 is 19.4 Å². The molecule has 1 saturated heterocycles. The van der Waals surface area contributed by atoms with Gasteiger partial charge in [0.2, 0.25) is 5.91 Å². The highest BCUT2D eigenvalue weighted by atomic mass is 16.5. The lowest BCUT2D eigenvalue weighted by Crippen LogP contribution is -2.41. The highest BCUT2D eigenvalue weighted by molar-refractivity contribution is 5.79. The molecule has 2 atom stereocenters. The minimum atomic E-state index is -0.803. The zero-order valence-corrected chi connectivity index (χ0v) is 15.0. The second kappa shape index (κ2) is 10.0. The number of aliphatic carboxylic acids is 1. The lowest BCUT2D eigenvalue weighted by molar-refractivity contribution is -0.145. The summed E-state index contributed by atoms with van der Waals surface area (Å²) < 4.78 is 5.32. The molecule has 1 aliphatic heterocycles. The van der Waals surface area contributed by atoms with Gasteiger partial charge in [0.15, 0.2) is 0 Å². The van der Waals surface area contributed by atoms with E-state index in [0.29, 0.717) is 19.1 Å². The third-order valence-corrected chi connectivity index (χ3v) is 5.85. The molecule has 1 heterocycles. The molecule has 2 aliphatic rings. The molecule has 0 radical (unpaired) electrons. The average molecular weight is 339 g/mol. The van der Waals surface area contributed by atoms with Crippen LogP contribution in [0.15, 0.2) is 0 Å². The van der Waals surface area contributed by atoms with Crippen LogP contribution in [-0.4, -0.2) is 36.7 Å². The van der Waals surface area contributed by atoms with Crippen LogP contribution in [0.25, 0.3) is 0 Å². The lowest BCUT2D eigenvalue weighted by atomic mass is 9.81. The number of carbonyl (C=O) groups excluding carboxylic acids is 1. The smallest absolute Gasteiger partial charge is 0.308 e. The van der Waals surface area contributed by atoms with Crippen molar-refractivity contribution in [2.45, 2.75) is 64.7 Å². The molecule has 0 aromatic rings. The Morgan fingerprint density at radius 2 is 1.79 bits per heavy atom. The number of rotatable bonds is 8. The van der Waals surface area contributed by atoms with Gasteiger partial charge in [-0.3, -0.25) is 9.59 Å². The molecule has 2 rings (SSSR count). The minimum Gasteiger partial charge on any atom is -0.481 e. The van der Waals surface area contributed by atoms with Gasteiger partial charge in [0.1, 0.15) is 0 Å². The predicted octanol–water partition coefficient (Wildman–Crippen LogP) is 3.23. The zero-order valence-electron chi connectivity index (χ0n) is 15.0. The normalized spacial score (nSPS) is 22.7. The third kappa shape index (κ3) is 5.76. The minimum absolute atomic E-state index is 0.0252. The Hall–Kier alpha value is -1.10. The van der Waals surface area contributed by atoms with Gasteiger partial charge in [0, 0.05) is 25.7 Å². The summed E-state index contributed by atoms with van der Waals surface area (Å²) in [6.45, 7) is 3.56. The molecular formula is C19H33NO4. The first-order valence-electron chi connectivity index (χ1n) is 9.70. The molecule has 0 aromatic heterocycles. The topological polar surface area (TPSA) is 75.6 Å². The van der Waals surface area contributed by atoms with Gasteiger partial charge in [0.05, 0.1) is 5.92 Å². The van der Waals surface area contributed by atoms with E-state index in [9.17, 15) is 14.7 Å². The number of carboxylic acids is 1. The molecule has 2 unspecified atom stereocenters. The number of carbonyl (C=O) groups is 2. The fourth-order valence-corrected chi connectivity index (χ4v) is 4.21. The molecule has 24 heavy (non-hydrogen) atoms. The summed E-state index contributed by atoms with van der Waals surface area (Å²) in [6, 6.07) is 0. The Labute approximate surface area is 145 Å². The Kier molecular flexibility index (Phi) is 8.03.